The molecule has 0 fully saturated rings. The number of halogens is 1. The molecule has 0 saturated carbocycles. The highest BCUT2D eigenvalue weighted by molar-refractivity contribution is 9.11. The van der Waals surface area contributed by atoms with E-state index in [1.165, 1.54) is 5.56 Å². The molecular weight excluding hydrogens is 300 g/mol. The van der Waals surface area contributed by atoms with Crippen LogP contribution in [0.1, 0.15) is 17.2 Å². The molecule has 0 bridgehead atoms. The summed E-state index contributed by atoms with van der Waals surface area (Å²) >= 11 is 3.50. The molecule has 0 amide bonds. The van der Waals surface area contributed by atoms with E-state index in [-0.39, 0.29) is 6.04 Å². The molecule has 0 radical (unpaired) electrons. The molecule has 0 saturated heterocycles. The zero-order chi connectivity index (χ0) is 13.1. The topological polar surface area (TPSA) is 24.4 Å². The molecule has 2 aromatic rings. The monoisotopic (exact) mass is 312 g/mol. The van der Waals surface area contributed by atoms with Crippen molar-refractivity contribution in [2.75, 3.05) is 0 Å². The largest absolute Gasteiger partial charge is 0.359 e. The molecular formula is C16H13BrN2. The first kappa shape index (κ1) is 12.2. The lowest BCUT2D eigenvalue weighted by Crippen LogP contribution is -2.30. The Hall–Kier alpha value is -1.87. The molecule has 1 N–H and O–H groups in total. The second-order valence-corrected chi connectivity index (χ2v) is 5.16. The van der Waals surface area contributed by atoms with Crippen LogP contribution in [0.4, 0.5) is 0 Å². The van der Waals surface area contributed by atoms with Crippen molar-refractivity contribution in [3.63, 3.8) is 0 Å². The number of hydrogen-bond donors (Lipinski definition) is 1. The van der Waals surface area contributed by atoms with Gasteiger partial charge in [-0.3, -0.25) is 0 Å². The van der Waals surface area contributed by atoms with Crippen molar-refractivity contribution in [1.82, 2.24) is 5.32 Å². The van der Waals surface area contributed by atoms with E-state index in [9.17, 15) is 0 Å². The van der Waals surface area contributed by atoms with Crippen molar-refractivity contribution in [3.05, 3.63) is 82.5 Å². The van der Waals surface area contributed by atoms with Crippen LogP contribution in [0.3, 0.4) is 0 Å². The molecule has 0 aliphatic carbocycles. The average Bonchev–Trinajstić information content (AvgIpc) is 2.48. The van der Waals surface area contributed by atoms with Gasteiger partial charge in [-0.15, -0.1) is 0 Å². The third kappa shape index (κ3) is 2.76. The molecule has 1 atom stereocenters. The highest BCUT2D eigenvalue weighted by atomic mass is 79.9. The van der Waals surface area contributed by atoms with Crippen LogP contribution in [0.5, 0.6) is 0 Å². The van der Waals surface area contributed by atoms with Gasteiger partial charge in [0.25, 0.3) is 0 Å². The molecule has 3 rings (SSSR count). The maximum Gasteiger partial charge on any atom is 0.135 e. The number of aliphatic imine (C=N–C) groups is 1. The Kier molecular flexibility index (Phi) is 3.47. The van der Waals surface area contributed by atoms with Crippen LogP contribution in [0.2, 0.25) is 0 Å². The standard InChI is InChI=1S/C16H13BrN2/c17-15-11-14(12-7-3-1-4-8-12)18-16(19-15)13-9-5-2-6-10-13/h1-11,14H,(H,18,19). The Morgan fingerprint density at radius 2 is 1.53 bits per heavy atom. The minimum atomic E-state index is 0.142. The zero-order valence-corrected chi connectivity index (χ0v) is 11.8. The lowest BCUT2D eigenvalue weighted by molar-refractivity contribution is 0.774. The van der Waals surface area contributed by atoms with Crippen molar-refractivity contribution in [2.24, 2.45) is 4.99 Å². The molecule has 19 heavy (non-hydrogen) atoms. The van der Waals surface area contributed by atoms with Crippen LogP contribution >= 0.6 is 15.9 Å². The summed E-state index contributed by atoms with van der Waals surface area (Å²) in [6.45, 7) is 0. The predicted molar refractivity (Wildman–Crippen MR) is 82.3 cm³/mol. The van der Waals surface area contributed by atoms with Crippen LogP contribution in [-0.2, 0) is 0 Å². The van der Waals surface area contributed by atoms with Crippen LogP contribution in [0.15, 0.2) is 76.3 Å². The summed E-state index contributed by atoms with van der Waals surface area (Å²) in [7, 11) is 0. The van der Waals surface area contributed by atoms with E-state index in [0.29, 0.717) is 0 Å². The van der Waals surface area contributed by atoms with E-state index in [1.807, 2.05) is 36.4 Å². The number of nitrogens with zero attached hydrogens (tertiary/aromatic N) is 1. The molecule has 2 aromatic carbocycles. The first-order chi connectivity index (χ1) is 9.33. The predicted octanol–water partition coefficient (Wildman–Crippen LogP) is 4.01. The van der Waals surface area contributed by atoms with Crippen molar-refractivity contribution >= 4 is 21.8 Å². The fraction of sp³-hybridized carbons (Fsp3) is 0.0625. The van der Waals surface area contributed by atoms with E-state index in [0.717, 1.165) is 16.0 Å². The van der Waals surface area contributed by atoms with Gasteiger partial charge in [0.15, 0.2) is 0 Å². The third-order valence-corrected chi connectivity index (χ3v) is 3.46. The van der Waals surface area contributed by atoms with Gasteiger partial charge in [-0.2, -0.15) is 0 Å². The summed E-state index contributed by atoms with van der Waals surface area (Å²) in [6.07, 6.45) is 2.07. The normalized spacial score (nSPS) is 18.3. The fourth-order valence-corrected chi connectivity index (χ4v) is 2.53. The Morgan fingerprint density at radius 3 is 2.21 bits per heavy atom. The number of hydrogen-bond acceptors (Lipinski definition) is 2. The third-order valence-electron chi connectivity index (χ3n) is 3.02. The summed E-state index contributed by atoms with van der Waals surface area (Å²) in [5, 5.41) is 3.46. The molecule has 2 nitrogen and oxygen atoms in total. The van der Waals surface area contributed by atoms with Gasteiger partial charge in [0.2, 0.25) is 0 Å². The van der Waals surface area contributed by atoms with Gasteiger partial charge in [0.05, 0.1) is 6.04 Å². The van der Waals surface area contributed by atoms with Gasteiger partial charge in [0.1, 0.15) is 10.4 Å². The van der Waals surface area contributed by atoms with Gasteiger partial charge in [-0.25, -0.2) is 4.99 Å². The Labute approximate surface area is 121 Å². The molecule has 0 spiro atoms. The van der Waals surface area contributed by atoms with Crippen molar-refractivity contribution < 1.29 is 0 Å². The molecule has 1 aliphatic heterocycles. The average molecular weight is 313 g/mol. The SMILES string of the molecule is BrC1=CC(c2ccccc2)NC(c2ccccc2)=N1. The first-order valence-corrected chi connectivity index (χ1v) is 6.95. The number of benzene rings is 2. The van der Waals surface area contributed by atoms with Gasteiger partial charge in [0, 0.05) is 5.56 Å². The van der Waals surface area contributed by atoms with Crippen molar-refractivity contribution in [2.45, 2.75) is 6.04 Å². The zero-order valence-electron chi connectivity index (χ0n) is 10.3. The molecule has 1 unspecified atom stereocenters. The molecule has 1 heterocycles. The molecule has 94 valence electrons. The summed E-state index contributed by atoms with van der Waals surface area (Å²) < 4.78 is 0.860. The molecule has 3 heteroatoms. The van der Waals surface area contributed by atoms with Crippen LogP contribution in [-0.4, -0.2) is 5.84 Å². The summed E-state index contributed by atoms with van der Waals surface area (Å²) in [5.41, 5.74) is 2.32. The van der Waals surface area contributed by atoms with Gasteiger partial charge < -0.3 is 5.32 Å². The van der Waals surface area contributed by atoms with Crippen LogP contribution in [0, 0.1) is 0 Å². The summed E-state index contributed by atoms with van der Waals surface area (Å²) in [5.74, 6) is 0.892. The van der Waals surface area contributed by atoms with Crippen LogP contribution < -0.4 is 5.32 Å². The maximum atomic E-state index is 4.51. The highest BCUT2D eigenvalue weighted by Crippen LogP contribution is 2.24. The van der Waals surface area contributed by atoms with E-state index >= 15 is 0 Å². The summed E-state index contributed by atoms with van der Waals surface area (Å²) in [6, 6.07) is 20.6. The molecule has 0 aromatic heterocycles. The van der Waals surface area contributed by atoms with Crippen LogP contribution in [0.25, 0.3) is 0 Å². The Bertz CT molecular complexity index is 618. The van der Waals surface area contributed by atoms with E-state index in [1.54, 1.807) is 0 Å². The van der Waals surface area contributed by atoms with Crippen molar-refractivity contribution in [3.8, 4) is 0 Å². The fourth-order valence-electron chi connectivity index (χ4n) is 2.09. The summed E-state index contributed by atoms with van der Waals surface area (Å²) in [4.78, 5) is 4.51. The maximum absolute atomic E-state index is 4.51. The van der Waals surface area contributed by atoms with E-state index < -0.39 is 0 Å². The number of amidine groups is 1. The van der Waals surface area contributed by atoms with Gasteiger partial charge >= 0.3 is 0 Å². The first-order valence-electron chi connectivity index (χ1n) is 6.16. The second kappa shape index (κ2) is 5.41. The van der Waals surface area contributed by atoms with E-state index in [2.05, 4.69) is 56.6 Å². The Morgan fingerprint density at radius 1 is 0.895 bits per heavy atom. The minimum Gasteiger partial charge on any atom is -0.359 e. The smallest absolute Gasteiger partial charge is 0.135 e. The number of nitrogens with one attached hydrogen (secondary N) is 1. The minimum absolute atomic E-state index is 0.142. The lowest BCUT2D eigenvalue weighted by Gasteiger charge is -2.22. The van der Waals surface area contributed by atoms with Gasteiger partial charge in [-0.05, 0) is 27.6 Å². The van der Waals surface area contributed by atoms with Crippen molar-refractivity contribution in [1.29, 1.82) is 0 Å². The quantitative estimate of drug-likeness (QED) is 0.832. The molecule has 1 aliphatic rings. The number of rotatable bonds is 2. The van der Waals surface area contributed by atoms with E-state index in [4.69, 9.17) is 0 Å². The van der Waals surface area contributed by atoms with Gasteiger partial charge in [-0.1, -0.05) is 60.7 Å². The highest BCUT2D eigenvalue weighted by Gasteiger charge is 2.17. The lowest BCUT2D eigenvalue weighted by atomic mass is 10.0. The Balaban J connectivity index is 1.92. The second-order valence-electron chi connectivity index (χ2n) is 4.35.